The number of rotatable bonds is 4. The summed E-state index contributed by atoms with van der Waals surface area (Å²) in [6, 6.07) is 23.0. The summed E-state index contributed by atoms with van der Waals surface area (Å²) >= 11 is 6.60. The Morgan fingerprint density at radius 1 is 1.00 bits per heavy atom. The number of amides is 1. The van der Waals surface area contributed by atoms with Crippen LogP contribution in [0.2, 0.25) is 5.02 Å². The largest absolute Gasteiger partial charge is 0.325 e. The van der Waals surface area contributed by atoms with E-state index in [9.17, 15) is 14.0 Å². The van der Waals surface area contributed by atoms with E-state index in [4.69, 9.17) is 16.6 Å². The van der Waals surface area contributed by atoms with Gasteiger partial charge in [-0.25, -0.2) is 4.39 Å². The fourth-order valence-electron chi connectivity index (χ4n) is 5.21. The first kappa shape index (κ1) is 23.2. The number of carbonyl (C=O) groups excluding carboxylic acids is 2. The lowest BCUT2D eigenvalue weighted by Crippen LogP contribution is -2.39. The summed E-state index contributed by atoms with van der Waals surface area (Å²) in [6.45, 7) is 1.81. The average Bonchev–Trinajstić information content (AvgIpc) is 2.84. The minimum Gasteiger partial charge on any atom is -0.325 e. The molecule has 35 heavy (non-hydrogen) atoms. The maximum Gasteiger partial charge on any atom is 0.234 e. The highest BCUT2D eigenvalue weighted by Gasteiger charge is 2.44. The summed E-state index contributed by atoms with van der Waals surface area (Å²) in [5.41, 5.74) is 4.02. The van der Waals surface area contributed by atoms with Crippen molar-refractivity contribution in [1.82, 2.24) is 0 Å². The first-order valence-electron chi connectivity index (χ1n) is 11.6. The van der Waals surface area contributed by atoms with Crippen LogP contribution in [0.4, 0.5) is 10.1 Å². The van der Waals surface area contributed by atoms with Crippen LogP contribution in [0.15, 0.2) is 95.1 Å². The van der Waals surface area contributed by atoms with E-state index in [2.05, 4.69) is 5.32 Å². The SMILES string of the molecule is CC1=NC2=C(C(=O)C[C@@H](c3ccccc3)C2)[C@@H](c2ccccc2Cl)C1C(=O)Nc1cccc(F)c1. The van der Waals surface area contributed by atoms with E-state index in [1.807, 2.05) is 48.5 Å². The molecule has 5 rings (SSSR count). The molecule has 1 aliphatic heterocycles. The minimum atomic E-state index is -0.755. The van der Waals surface area contributed by atoms with Crippen molar-refractivity contribution >= 4 is 34.7 Å². The number of benzene rings is 3. The molecule has 3 aromatic rings. The number of allylic oxidation sites excluding steroid dienone is 2. The molecule has 4 nitrogen and oxygen atoms in total. The number of anilines is 1. The summed E-state index contributed by atoms with van der Waals surface area (Å²) in [4.78, 5) is 32.0. The lowest BCUT2D eigenvalue weighted by molar-refractivity contribution is -0.119. The third kappa shape index (κ3) is 4.56. The van der Waals surface area contributed by atoms with E-state index in [1.54, 1.807) is 19.1 Å². The molecule has 3 atom stereocenters. The van der Waals surface area contributed by atoms with Crippen molar-refractivity contribution in [2.24, 2.45) is 10.9 Å². The van der Waals surface area contributed by atoms with Gasteiger partial charge in [0.2, 0.25) is 5.91 Å². The van der Waals surface area contributed by atoms with Crippen LogP contribution in [0.25, 0.3) is 0 Å². The predicted molar refractivity (Wildman–Crippen MR) is 136 cm³/mol. The second kappa shape index (κ2) is 9.59. The molecular weight excluding hydrogens is 463 g/mol. The first-order valence-corrected chi connectivity index (χ1v) is 12.0. The van der Waals surface area contributed by atoms with Gasteiger partial charge in [0, 0.05) is 40.0 Å². The zero-order valence-corrected chi connectivity index (χ0v) is 19.9. The maximum atomic E-state index is 13.7. The van der Waals surface area contributed by atoms with Crippen molar-refractivity contribution in [1.29, 1.82) is 0 Å². The van der Waals surface area contributed by atoms with Gasteiger partial charge in [-0.15, -0.1) is 0 Å². The number of carbonyl (C=O) groups is 2. The Bertz CT molecular complexity index is 1370. The lowest BCUT2D eigenvalue weighted by atomic mass is 9.69. The number of nitrogens with zero attached hydrogens (tertiary/aromatic N) is 1. The third-order valence-electron chi connectivity index (χ3n) is 6.77. The molecule has 0 radical (unpaired) electrons. The predicted octanol–water partition coefficient (Wildman–Crippen LogP) is 6.69. The molecule has 0 fully saturated rings. The Balaban J connectivity index is 1.58. The Morgan fingerprint density at radius 2 is 1.74 bits per heavy atom. The van der Waals surface area contributed by atoms with Gasteiger partial charge >= 0.3 is 0 Å². The lowest BCUT2D eigenvalue weighted by Gasteiger charge is -2.37. The quantitative estimate of drug-likeness (QED) is 0.446. The normalized spacial score (nSPS) is 21.9. The molecule has 6 heteroatoms. The number of Topliss-reactive ketones (excluding diaryl/α,β-unsaturated/α-hetero) is 1. The number of ketones is 1. The molecule has 1 unspecified atom stereocenters. The summed E-state index contributed by atoms with van der Waals surface area (Å²) in [6.07, 6.45) is 0.957. The summed E-state index contributed by atoms with van der Waals surface area (Å²) in [5, 5.41) is 3.30. The number of hydrogen-bond donors (Lipinski definition) is 1. The highest BCUT2D eigenvalue weighted by Crippen LogP contribution is 2.48. The topological polar surface area (TPSA) is 58.5 Å². The Labute approximate surface area is 208 Å². The molecular formula is C29H24ClFN2O2. The van der Waals surface area contributed by atoms with Gasteiger partial charge < -0.3 is 5.32 Å². The van der Waals surface area contributed by atoms with Gasteiger partial charge in [0.15, 0.2) is 5.78 Å². The molecule has 176 valence electrons. The van der Waals surface area contributed by atoms with Crippen molar-refractivity contribution < 1.29 is 14.0 Å². The van der Waals surface area contributed by atoms with Crippen molar-refractivity contribution in [3.8, 4) is 0 Å². The molecule has 1 heterocycles. The van der Waals surface area contributed by atoms with Gasteiger partial charge in [-0.05, 0) is 54.7 Å². The summed E-state index contributed by atoms with van der Waals surface area (Å²) < 4.78 is 13.7. The van der Waals surface area contributed by atoms with Crippen LogP contribution in [0.1, 0.15) is 42.7 Å². The van der Waals surface area contributed by atoms with E-state index < -0.39 is 17.7 Å². The fourth-order valence-corrected chi connectivity index (χ4v) is 5.46. The van der Waals surface area contributed by atoms with E-state index in [-0.39, 0.29) is 17.6 Å². The van der Waals surface area contributed by atoms with Crippen LogP contribution in [0.3, 0.4) is 0 Å². The maximum absolute atomic E-state index is 13.7. The molecule has 0 saturated heterocycles. The highest BCUT2D eigenvalue weighted by atomic mass is 35.5. The van der Waals surface area contributed by atoms with Gasteiger partial charge in [-0.1, -0.05) is 66.2 Å². The zero-order valence-electron chi connectivity index (χ0n) is 19.2. The average molecular weight is 487 g/mol. The number of aliphatic imine (C=N–C) groups is 1. The summed E-state index contributed by atoms with van der Waals surface area (Å²) in [5.74, 6) is -2.12. The highest BCUT2D eigenvalue weighted by molar-refractivity contribution is 6.31. The number of halogens is 2. The molecule has 1 aliphatic carbocycles. The first-order chi connectivity index (χ1) is 16.9. The number of nitrogens with one attached hydrogen (secondary N) is 1. The minimum absolute atomic E-state index is 0.0233. The fraction of sp³-hybridized carbons (Fsp3) is 0.207. The molecule has 1 amide bonds. The molecule has 3 aromatic carbocycles. The molecule has 1 N–H and O–H groups in total. The van der Waals surface area contributed by atoms with E-state index in [0.717, 1.165) is 5.56 Å². The molecule has 0 aromatic heterocycles. The van der Waals surface area contributed by atoms with E-state index in [0.29, 0.717) is 46.1 Å². The second-order valence-corrected chi connectivity index (χ2v) is 9.44. The van der Waals surface area contributed by atoms with Gasteiger partial charge in [0.1, 0.15) is 5.82 Å². The Morgan fingerprint density at radius 3 is 2.49 bits per heavy atom. The second-order valence-electron chi connectivity index (χ2n) is 9.03. The standard InChI is InChI=1S/C29H24ClFN2O2/c1-17-26(29(35)33-21-11-7-10-20(31)16-21)27(22-12-5-6-13-23(22)30)28-24(32-17)14-19(15-25(28)34)18-8-3-2-4-9-18/h2-13,16,19,26-27H,14-15H2,1H3,(H,33,35)/t19-,26?,27-/m0/s1. The van der Waals surface area contributed by atoms with E-state index in [1.165, 1.54) is 18.2 Å². The van der Waals surface area contributed by atoms with Crippen LogP contribution >= 0.6 is 11.6 Å². The monoisotopic (exact) mass is 486 g/mol. The zero-order chi connectivity index (χ0) is 24.5. The van der Waals surface area contributed by atoms with Crippen molar-refractivity contribution in [3.05, 3.63) is 112 Å². The molecule has 0 bridgehead atoms. The van der Waals surface area contributed by atoms with Gasteiger partial charge in [-0.3, -0.25) is 14.6 Å². The van der Waals surface area contributed by atoms with Crippen LogP contribution < -0.4 is 5.32 Å². The Hall–Kier alpha value is -3.57. The summed E-state index contributed by atoms with van der Waals surface area (Å²) in [7, 11) is 0. The van der Waals surface area contributed by atoms with Crippen LogP contribution in [0.5, 0.6) is 0 Å². The van der Waals surface area contributed by atoms with Crippen LogP contribution in [-0.2, 0) is 9.59 Å². The smallest absolute Gasteiger partial charge is 0.234 e. The van der Waals surface area contributed by atoms with Crippen LogP contribution in [0, 0.1) is 11.7 Å². The van der Waals surface area contributed by atoms with Crippen LogP contribution in [-0.4, -0.2) is 17.4 Å². The molecule has 0 saturated carbocycles. The van der Waals surface area contributed by atoms with Crippen molar-refractivity contribution in [3.63, 3.8) is 0 Å². The van der Waals surface area contributed by atoms with Crippen molar-refractivity contribution in [2.45, 2.75) is 31.6 Å². The third-order valence-corrected chi connectivity index (χ3v) is 7.12. The van der Waals surface area contributed by atoms with Gasteiger partial charge in [0.05, 0.1) is 5.92 Å². The Kier molecular flexibility index (Phi) is 6.35. The molecule has 2 aliphatic rings. The van der Waals surface area contributed by atoms with Gasteiger partial charge in [0.25, 0.3) is 0 Å². The van der Waals surface area contributed by atoms with E-state index >= 15 is 0 Å². The van der Waals surface area contributed by atoms with Gasteiger partial charge in [-0.2, -0.15) is 0 Å². The molecule has 0 spiro atoms. The van der Waals surface area contributed by atoms with Crippen molar-refractivity contribution in [2.75, 3.05) is 5.32 Å². The number of hydrogen-bond acceptors (Lipinski definition) is 3.